The molecule has 1 unspecified atom stereocenters. The summed E-state index contributed by atoms with van der Waals surface area (Å²) < 4.78 is 0. The third-order valence-electron chi connectivity index (χ3n) is 3.43. The zero-order chi connectivity index (χ0) is 12.1. The molecule has 1 N–H and O–H groups in total. The fourth-order valence-electron chi connectivity index (χ4n) is 2.37. The number of rotatable bonds is 5. The number of nitrogens with one attached hydrogen (secondary N) is 1. The lowest BCUT2D eigenvalue weighted by molar-refractivity contribution is 0.376. The van der Waals surface area contributed by atoms with Crippen molar-refractivity contribution in [3.8, 4) is 0 Å². The van der Waals surface area contributed by atoms with Crippen LogP contribution in [0.15, 0.2) is 36.8 Å². The molecule has 92 valence electrons. The molecule has 2 rings (SSSR count). The summed E-state index contributed by atoms with van der Waals surface area (Å²) in [5.41, 5.74) is 2.47. The largest absolute Gasteiger partial charge is 0.374 e. The molecule has 1 fully saturated rings. The maximum atomic E-state index is 4.25. The fourth-order valence-corrected chi connectivity index (χ4v) is 2.37. The molecule has 0 saturated carbocycles. The molecule has 0 amide bonds. The monoisotopic (exact) mass is 231 g/mol. The smallest absolute Gasteiger partial charge is 0.0504 e. The normalized spacial score (nSPS) is 17.1. The van der Waals surface area contributed by atoms with E-state index in [9.17, 15) is 0 Å². The van der Waals surface area contributed by atoms with Gasteiger partial charge in [-0.2, -0.15) is 0 Å². The number of pyridine rings is 1. The molecule has 1 aromatic rings. The molecular weight excluding hydrogens is 210 g/mol. The summed E-state index contributed by atoms with van der Waals surface area (Å²) in [7, 11) is 2.00. The van der Waals surface area contributed by atoms with E-state index in [1.165, 1.54) is 24.1 Å². The van der Waals surface area contributed by atoms with Crippen LogP contribution in [0.2, 0.25) is 0 Å². The van der Waals surface area contributed by atoms with E-state index < -0.39 is 0 Å². The van der Waals surface area contributed by atoms with E-state index in [0.29, 0.717) is 6.04 Å². The van der Waals surface area contributed by atoms with E-state index in [2.05, 4.69) is 27.8 Å². The van der Waals surface area contributed by atoms with Gasteiger partial charge in [-0.25, -0.2) is 0 Å². The zero-order valence-electron chi connectivity index (χ0n) is 10.5. The van der Waals surface area contributed by atoms with Gasteiger partial charge in [0.25, 0.3) is 0 Å². The molecule has 17 heavy (non-hydrogen) atoms. The summed E-state index contributed by atoms with van der Waals surface area (Å²) in [6, 6.07) is 4.42. The summed E-state index contributed by atoms with van der Waals surface area (Å²) in [6.45, 7) is 6.56. The summed E-state index contributed by atoms with van der Waals surface area (Å²) in [5, 5.41) is 3.36. The maximum Gasteiger partial charge on any atom is 0.0504 e. The van der Waals surface area contributed by atoms with Gasteiger partial charge in [-0.05, 0) is 37.9 Å². The van der Waals surface area contributed by atoms with Crippen molar-refractivity contribution in [3.05, 3.63) is 42.4 Å². The minimum Gasteiger partial charge on any atom is -0.374 e. The van der Waals surface area contributed by atoms with Gasteiger partial charge in [-0.3, -0.25) is 4.98 Å². The van der Waals surface area contributed by atoms with Crippen LogP contribution in [0.4, 0.5) is 0 Å². The molecule has 3 nitrogen and oxygen atoms in total. The number of likely N-dealkylation sites (tertiary alicyclic amines) is 1. The Morgan fingerprint density at radius 2 is 2.29 bits per heavy atom. The Morgan fingerprint density at radius 3 is 2.88 bits per heavy atom. The molecule has 1 aromatic heterocycles. The van der Waals surface area contributed by atoms with Gasteiger partial charge in [-0.15, -0.1) is 0 Å². The highest BCUT2D eigenvalue weighted by molar-refractivity contribution is 5.16. The maximum absolute atomic E-state index is 4.25. The SMILES string of the molecule is C=C(C(Cc1cccnc1)NC)N1CCCC1. The Morgan fingerprint density at radius 1 is 1.53 bits per heavy atom. The van der Waals surface area contributed by atoms with Crippen LogP contribution >= 0.6 is 0 Å². The number of likely N-dealkylation sites (N-methyl/N-ethyl adjacent to an activating group) is 1. The molecule has 1 aliphatic heterocycles. The molecule has 3 heteroatoms. The quantitative estimate of drug-likeness (QED) is 0.838. The van der Waals surface area contributed by atoms with Crippen LogP contribution < -0.4 is 5.32 Å². The van der Waals surface area contributed by atoms with Crippen molar-refractivity contribution in [1.82, 2.24) is 15.2 Å². The second kappa shape index (κ2) is 5.82. The summed E-state index contributed by atoms with van der Waals surface area (Å²) in [6.07, 6.45) is 7.29. The zero-order valence-corrected chi connectivity index (χ0v) is 10.5. The second-order valence-electron chi connectivity index (χ2n) is 4.59. The number of nitrogens with zero attached hydrogens (tertiary/aromatic N) is 2. The first-order valence-electron chi connectivity index (χ1n) is 6.31. The summed E-state index contributed by atoms with van der Waals surface area (Å²) in [4.78, 5) is 6.56. The summed E-state index contributed by atoms with van der Waals surface area (Å²) in [5.74, 6) is 0. The highest BCUT2D eigenvalue weighted by Crippen LogP contribution is 2.18. The first-order valence-corrected chi connectivity index (χ1v) is 6.31. The first-order chi connectivity index (χ1) is 8.31. The van der Waals surface area contributed by atoms with Gasteiger partial charge in [0, 0.05) is 31.2 Å². The topological polar surface area (TPSA) is 28.2 Å². The van der Waals surface area contributed by atoms with E-state index in [1.807, 2.05) is 25.5 Å². The Kier molecular flexibility index (Phi) is 4.15. The van der Waals surface area contributed by atoms with Gasteiger partial charge in [-0.1, -0.05) is 12.6 Å². The van der Waals surface area contributed by atoms with Gasteiger partial charge in [0.1, 0.15) is 0 Å². The predicted octanol–water partition coefficient (Wildman–Crippen LogP) is 1.82. The number of hydrogen-bond acceptors (Lipinski definition) is 3. The van der Waals surface area contributed by atoms with Gasteiger partial charge in [0.15, 0.2) is 0 Å². The van der Waals surface area contributed by atoms with E-state index in [0.717, 1.165) is 19.5 Å². The minimum atomic E-state index is 0.317. The van der Waals surface area contributed by atoms with Crippen molar-refractivity contribution in [2.75, 3.05) is 20.1 Å². The predicted molar refractivity (Wildman–Crippen MR) is 70.7 cm³/mol. The lowest BCUT2D eigenvalue weighted by Crippen LogP contribution is -2.37. The highest BCUT2D eigenvalue weighted by Gasteiger charge is 2.20. The lowest BCUT2D eigenvalue weighted by atomic mass is 10.1. The van der Waals surface area contributed by atoms with Crippen LogP contribution in [0, 0.1) is 0 Å². The molecule has 0 aliphatic carbocycles. The van der Waals surface area contributed by atoms with Crippen LogP contribution in [0.25, 0.3) is 0 Å². The Labute approximate surface area is 104 Å². The van der Waals surface area contributed by atoms with Gasteiger partial charge in [0.05, 0.1) is 6.04 Å². The molecule has 0 bridgehead atoms. The van der Waals surface area contributed by atoms with Crippen molar-refractivity contribution >= 4 is 0 Å². The minimum absolute atomic E-state index is 0.317. The van der Waals surface area contributed by atoms with Crippen molar-refractivity contribution in [2.45, 2.75) is 25.3 Å². The van der Waals surface area contributed by atoms with E-state index in [4.69, 9.17) is 0 Å². The van der Waals surface area contributed by atoms with Gasteiger partial charge < -0.3 is 10.2 Å². The van der Waals surface area contributed by atoms with Crippen molar-refractivity contribution in [2.24, 2.45) is 0 Å². The third-order valence-corrected chi connectivity index (χ3v) is 3.43. The molecule has 1 atom stereocenters. The fraction of sp³-hybridized carbons (Fsp3) is 0.500. The standard InChI is InChI=1S/C14H21N3/c1-12(17-8-3-4-9-17)14(15-2)10-13-6-5-7-16-11-13/h5-7,11,14-15H,1,3-4,8-10H2,2H3. The van der Waals surface area contributed by atoms with E-state index >= 15 is 0 Å². The van der Waals surface area contributed by atoms with Gasteiger partial charge >= 0.3 is 0 Å². The van der Waals surface area contributed by atoms with Crippen molar-refractivity contribution < 1.29 is 0 Å². The average Bonchev–Trinajstić information content (AvgIpc) is 2.90. The summed E-state index contributed by atoms with van der Waals surface area (Å²) >= 11 is 0. The van der Waals surface area contributed by atoms with Crippen molar-refractivity contribution in [3.63, 3.8) is 0 Å². The molecule has 1 saturated heterocycles. The molecular formula is C14H21N3. The van der Waals surface area contributed by atoms with Crippen LogP contribution in [0.1, 0.15) is 18.4 Å². The molecule has 0 aromatic carbocycles. The Balaban J connectivity index is 1.98. The van der Waals surface area contributed by atoms with E-state index in [1.54, 1.807) is 0 Å². The average molecular weight is 231 g/mol. The third kappa shape index (κ3) is 3.07. The Bertz CT molecular complexity index is 355. The van der Waals surface area contributed by atoms with Crippen LogP contribution in [0.3, 0.4) is 0 Å². The first kappa shape index (κ1) is 12.1. The molecule has 0 radical (unpaired) electrons. The van der Waals surface area contributed by atoms with Crippen molar-refractivity contribution in [1.29, 1.82) is 0 Å². The van der Waals surface area contributed by atoms with E-state index in [-0.39, 0.29) is 0 Å². The second-order valence-corrected chi connectivity index (χ2v) is 4.59. The van der Waals surface area contributed by atoms with Gasteiger partial charge in [0.2, 0.25) is 0 Å². The molecule has 1 aliphatic rings. The van der Waals surface area contributed by atoms with Crippen LogP contribution in [-0.2, 0) is 6.42 Å². The molecule has 2 heterocycles. The molecule has 0 spiro atoms. The van der Waals surface area contributed by atoms with Crippen LogP contribution in [0.5, 0.6) is 0 Å². The van der Waals surface area contributed by atoms with Crippen LogP contribution in [-0.4, -0.2) is 36.1 Å². The Hall–Kier alpha value is -1.35. The number of aromatic nitrogens is 1. The highest BCUT2D eigenvalue weighted by atomic mass is 15.2. The lowest BCUT2D eigenvalue weighted by Gasteiger charge is -2.27. The number of hydrogen-bond donors (Lipinski definition) is 1.